The number of amides is 1. The zero-order chi connectivity index (χ0) is 25.2. The van der Waals surface area contributed by atoms with Crippen molar-refractivity contribution in [3.63, 3.8) is 0 Å². The fraction of sp³-hybridized carbons (Fsp3) is 0.280. The minimum Gasteiger partial charge on any atom is -0.492 e. The van der Waals surface area contributed by atoms with Crippen LogP contribution in [0.15, 0.2) is 58.5 Å². The number of nitrogens with zero attached hydrogens (tertiary/aromatic N) is 4. The van der Waals surface area contributed by atoms with Gasteiger partial charge in [-0.2, -0.15) is 0 Å². The van der Waals surface area contributed by atoms with Crippen LogP contribution in [-0.2, 0) is 4.79 Å². The maximum atomic E-state index is 14.9. The monoisotopic (exact) mass is 542 g/mol. The Balaban J connectivity index is 1.70. The quantitative estimate of drug-likeness (QED) is 0.181. The van der Waals surface area contributed by atoms with Crippen molar-refractivity contribution in [2.45, 2.75) is 24.9 Å². The second-order valence-corrected chi connectivity index (χ2v) is 10.7. The normalized spacial score (nSPS) is 13.4. The van der Waals surface area contributed by atoms with E-state index in [0.29, 0.717) is 32.3 Å². The molecule has 1 aliphatic heterocycles. The first-order valence-electron chi connectivity index (χ1n) is 11.6. The highest BCUT2D eigenvalue weighted by Gasteiger charge is 2.24. The Morgan fingerprint density at radius 2 is 1.81 bits per heavy atom. The number of halogens is 1. The maximum absolute atomic E-state index is 14.9. The minimum absolute atomic E-state index is 0.0317. The Morgan fingerprint density at radius 1 is 1.11 bits per heavy atom. The molecule has 2 aromatic heterocycles. The largest absolute Gasteiger partial charge is 0.492 e. The number of hydrogen-bond donors (Lipinski definition) is 0. The van der Waals surface area contributed by atoms with Gasteiger partial charge in [0.1, 0.15) is 16.3 Å². The fourth-order valence-corrected chi connectivity index (χ4v) is 6.38. The van der Waals surface area contributed by atoms with Crippen molar-refractivity contribution < 1.29 is 13.9 Å². The molecule has 0 saturated carbocycles. The molecular formula is C25H23FN4O3S3. The van der Waals surface area contributed by atoms with E-state index in [1.165, 1.54) is 16.7 Å². The second kappa shape index (κ2) is 10.5. The third-order valence-electron chi connectivity index (χ3n) is 5.86. The summed E-state index contributed by atoms with van der Waals surface area (Å²) >= 11 is 7.88. The lowest BCUT2D eigenvalue weighted by Crippen LogP contribution is -2.30. The van der Waals surface area contributed by atoms with Crippen LogP contribution in [0.1, 0.15) is 19.8 Å². The molecule has 0 unspecified atom stereocenters. The van der Waals surface area contributed by atoms with Gasteiger partial charge in [-0.1, -0.05) is 47.4 Å². The smallest absolute Gasteiger partial charge is 0.278 e. The van der Waals surface area contributed by atoms with Gasteiger partial charge in [0.15, 0.2) is 14.8 Å². The SMILES string of the molecule is CCOc1ccccc1-n1c(=S)sc2c(=O)n(-c3ccccc3F)c(SCC(=O)N3CCCC3)nc21. The molecule has 1 saturated heterocycles. The Labute approximate surface area is 220 Å². The topological polar surface area (TPSA) is 69.4 Å². The molecule has 1 fully saturated rings. The van der Waals surface area contributed by atoms with Crippen molar-refractivity contribution in [3.05, 3.63) is 68.7 Å². The van der Waals surface area contributed by atoms with E-state index in [1.54, 1.807) is 16.7 Å². The number of thiazole rings is 1. The summed E-state index contributed by atoms with van der Waals surface area (Å²) in [6, 6.07) is 13.4. The first-order chi connectivity index (χ1) is 17.5. The first-order valence-corrected chi connectivity index (χ1v) is 13.8. The predicted octanol–water partition coefficient (Wildman–Crippen LogP) is 5.22. The number of aromatic nitrogens is 3. The zero-order valence-electron chi connectivity index (χ0n) is 19.5. The van der Waals surface area contributed by atoms with Gasteiger partial charge in [-0.15, -0.1) is 0 Å². The van der Waals surface area contributed by atoms with Crippen molar-refractivity contribution in [1.29, 1.82) is 0 Å². The molecular weight excluding hydrogens is 519 g/mol. The lowest BCUT2D eigenvalue weighted by atomic mass is 10.3. The minimum atomic E-state index is -0.557. The fourth-order valence-electron chi connectivity index (χ4n) is 4.19. The molecule has 5 rings (SSSR count). The standard InChI is InChI=1S/C25H23FN4O3S3/c1-2-33-19-12-6-5-11-18(19)29-22-21(36-25(29)34)23(32)30(17-10-4-3-9-16(17)26)24(27-22)35-15-20(31)28-13-7-8-14-28/h3-6,9-12H,2,7-8,13-15H2,1H3. The van der Waals surface area contributed by atoms with E-state index in [-0.39, 0.29) is 22.5 Å². The van der Waals surface area contributed by atoms with Gasteiger partial charge in [0.2, 0.25) is 5.91 Å². The van der Waals surface area contributed by atoms with Crippen molar-refractivity contribution in [2.24, 2.45) is 0 Å². The molecule has 11 heteroatoms. The molecule has 0 bridgehead atoms. The van der Waals surface area contributed by atoms with Crippen LogP contribution in [0.25, 0.3) is 21.7 Å². The van der Waals surface area contributed by atoms with Gasteiger partial charge in [0.25, 0.3) is 5.56 Å². The van der Waals surface area contributed by atoms with Gasteiger partial charge in [-0.25, -0.2) is 9.37 Å². The second-order valence-electron chi connectivity index (χ2n) is 8.12. The highest BCUT2D eigenvalue weighted by molar-refractivity contribution is 7.99. The highest BCUT2D eigenvalue weighted by atomic mass is 32.2. The Bertz CT molecular complexity index is 1560. The van der Waals surface area contributed by atoms with Crippen LogP contribution in [0.3, 0.4) is 0 Å². The van der Waals surface area contributed by atoms with E-state index in [0.717, 1.165) is 49.0 Å². The van der Waals surface area contributed by atoms with Crippen LogP contribution in [0.4, 0.5) is 4.39 Å². The molecule has 0 N–H and O–H groups in total. The van der Waals surface area contributed by atoms with E-state index >= 15 is 0 Å². The summed E-state index contributed by atoms with van der Waals surface area (Å²) in [6.07, 6.45) is 1.96. The summed E-state index contributed by atoms with van der Waals surface area (Å²) in [6.45, 7) is 3.80. The van der Waals surface area contributed by atoms with Gasteiger partial charge >= 0.3 is 0 Å². The van der Waals surface area contributed by atoms with Gasteiger partial charge in [0, 0.05) is 13.1 Å². The number of ether oxygens (including phenoxy) is 1. The number of likely N-dealkylation sites (tertiary alicyclic amines) is 1. The molecule has 4 aromatic rings. The van der Waals surface area contributed by atoms with E-state index in [1.807, 2.05) is 36.1 Å². The number of rotatable bonds is 7. The third-order valence-corrected chi connectivity index (χ3v) is 8.13. The van der Waals surface area contributed by atoms with Gasteiger partial charge in [-0.3, -0.25) is 18.7 Å². The average molecular weight is 543 g/mol. The Kier molecular flexibility index (Phi) is 7.22. The molecule has 2 aromatic carbocycles. The first kappa shape index (κ1) is 24.7. The van der Waals surface area contributed by atoms with E-state index in [9.17, 15) is 14.0 Å². The summed E-state index contributed by atoms with van der Waals surface area (Å²) in [5.74, 6) is 0.107. The lowest BCUT2D eigenvalue weighted by Gasteiger charge is -2.17. The molecule has 0 spiro atoms. The summed E-state index contributed by atoms with van der Waals surface area (Å²) in [7, 11) is 0. The molecule has 3 heterocycles. The molecule has 7 nitrogen and oxygen atoms in total. The summed E-state index contributed by atoms with van der Waals surface area (Å²) in [5.41, 5.74) is 0.652. The van der Waals surface area contributed by atoms with Crippen molar-refractivity contribution in [2.75, 3.05) is 25.4 Å². The van der Waals surface area contributed by atoms with Gasteiger partial charge < -0.3 is 9.64 Å². The highest BCUT2D eigenvalue weighted by Crippen LogP contribution is 2.31. The summed E-state index contributed by atoms with van der Waals surface area (Å²) in [5, 5.41) is 0.223. The van der Waals surface area contributed by atoms with Crippen LogP contribution in [0.5, 0.6) is 5.75 Å². The number of fused-ring (bicyclic) bond motifs is 1. The van der Waals surface area contributed by atoms with Crippen molar-refractivity contribution in [1.82, 2.24) is 19.0 Å². The van der Waals surface area contributed by atoms with Crippen molar-refractivity contribution >= 4 is 51.6 Å². The number of carbonyl (C=O) groups is 1. The van der Waals surface area contributed by atoms with E-state index in [2.05, 4.69) is 0 Å². The van der Waals surface area contributed by atoms with Crippen molar-refractivity contribution in [3.8, 4) is 17.1 Å². The van der Waals surface area contributed by atoms with Crippen LogP contribution in [0, 0.1) is 9.77 Å². The zero-order valence-corrected chi connectivity index (χ0v) is 21.9. The molecule has 0 aliphatic carbocycles. The number of thioether (sulfide) groups is 1. The number of para-hydroxylation sites is 3. The molecule has 1 amide bonds. The molecule has 36 heavy (non-hydrogen) atoms. The van der Waals surface area contributed by atoms with Gasteiger partial charge in [0.05, 0.1) is 23.7 Å². The van der Waals surface area contributed by atoms with Crippen LogP contribution in [-0.4, -0.2) is 50.4 Å². The van der Waals surface area contributed by atoms with Crippen LogP contribution in [0.2, 0.25) is 0 Å². The lowest BCUT2D eigenvalue weighted by molar-refractivity contribution is -0.127. The Morgan fingerprint density at radius 3 is 2.53 bits per heavy atom. The number of carbonyl (C=O) groups excluding carboxylic acids is 1. The maximum Gasteiger partial charge on any atom is 0.278 e. The number of benzene rings is 2. The summed E-state index contributed by atoms with van der Waals surface area (Å²) < 4.78 is 24.3. The van der Waals surface area contributed by atoms with E-state index < -0.39 is 11.4 Å². The molecule has 0 radical (unpaired) electrons. The summed E-state index contributed by atoms with van der Waals surface area (Å²) in [4.78, 5) is 33.1. The third kappa shape index (κ3) is 4.58. The Hall–Kier alpha value is -3.02. The molecule has 186 valence electrons. The van der Waals surface area contributed by atoms with E-state index in [4.69, 9.17) is 21.9 Å². The van der Waals surface area contributed by atoms with Gasteiger partial charge in [-0.05, 0) is 56.2 Å². The molecule has 1 aliphatic rings. The number of hydrogen-bond acceptors (Lipinski definition) is 7. The average Bonchev–Trinajstić information content (AvgIpc) is 3.52. The van der Waals surface area contributed by atoms with Crippen LogP contribution < -0.4 is 10.3 Å². The predicted molar refractivity (Wildman–Crippen MR) is 143 cm³/mol. The molecule has 0 atom stereocenters. The van der Waals surface area contributed by atoms with Crippen LogP contribution >= 0.6 is 35.3 Å².